The summed E-state index contributed by atoms with van der Waals surface area (Å²) in [6.45, 7) is 3.08. The fourth-order valence-corrected chi connectivity index (χ4v) is 2.80. The number of nitrogens with zero attached hydrogens (tertiary/aromatic N) is 1. The second-order valence-corrected chi connectivity index (χ2v) is 5.17. The van der Waals surface area contributed by atoms with Gasteiger partial charge in [-0.3, -0.25) is 4.98 Å². The van der Waals surface area contributed by atoms with Crippen molar-refractivity contribution in [1.29, 1.82) is 0 Å². The molecule has 1 N–H and O–H groups in total. The van der Waals surface area contributed by atoms with Gasteiger partial charge in [-0.05, 0) is 43.9 Å². The van der Waals surface area contributed by atoms with Crippen molar-refractivity contribution in [2.24, 2.45) is 0 Å². The molecule has 0 bridgehead atoms. The molecule has 1 atom stereocenters. The third-order valence-electron chi connectivity index (χ3n) is 3.47. The summed E-state index contributed by atoms with van der Waals surface area (Å²) in [6, 6.07) is 2.28. The Kier molecular flexibility index (Phi) is 5.21. The molecule has 0 saturated carbocycles. The number of hydrogen-bond donors (Lipinski definition) is 1. The average molecular weight is 265 g/mol. The van der Waals surface area contributed by atoms with Gasteiger partial charge in [-0.2, -0.15) is 0 Å². The lowest BCUT2D eigenvalue weighted by Gasteiger charge is -2.22. The van der Waals surface area contributed by atoms with E-state index in [-0.39, 0.29) is 6.04 Å². The quantitative estimate of drug-likeness (QED) is 0.822. The lowest BCUT2D eigenvalue weighted by atomic mass is 9.95. The molecule has 0 amide bonds. The Morgan fingerprint density at radius 1 is 1.39 bits per heavy atom. The molecule has 1 heterocycles. The van der Waals surface area contributed by atoms with E-state index in [1.807, 2.05) is 12.3 Å². The monoisotopic (exact) mass is 264 g/mol. The van der Waals surface area contributed by atoms with Gasteiger partial charge in [0, 0.05) is 12.4 Å². The molecule has 1 aliphatic carbocycles. The van der Waals surface area contributed by atoms with E-state index >= 15 is 0 Å². The summed E-state index contributed by atoms with van der Waals surface area (Å²) in [5.41, 5.74) is 2.64. The van der Waals surface area contributed by atoms with Crippen molar-refractivity contribution in [1.82, 2.24) is 10.3 Å². The number of halogens is 1. The van der Waals surface area contributed by atoms with E-state index in [0.717, 1.165) is 17.1 Å². The molecular formula is C15H21ClN2. The lowest BCUT2D eigenvalue weighted by molar-refractivity contribution is 0.589. The number of allylic oxidation sites excluding steroid dienone is 1. The number of pyridine rings is 1. The maximum Gasteiger partial charge on any atom is 0.0640 e. The normalized spacial score (nSPS) is 18.0. The molecule has 0 radical (unpaired) electrons. The van der Waals surface area contributed by atoms with E-state index in [9.17, 15) is 0 Å². The molecule has 0 spiro atoms. The van der Waals surface area contributed by atoms with Gasteiger partial charge in [0.1, 0.15) is 0 Å². The molecule has 1 aromatic rings. The van der Waals surface area contributed by atoms with Crippen molar-refractivity contribution in [3.8, 4) is 0 Å². The Hall–Kier alpha value is -0.860. The van der Waals surface area contributed by atoms with E-state index in [1.165, 1.54) is 37.7 Å². The first-order valence-corrected chi connectivity index (χ1v) is 7.22. The minimum Gasteiger partial charge on any atom is -0.307 e. The van der Waals surface area contributed by atoms with Crippen LogP contribution in [0.5, 0.6) is 0 Å². The number of hydrogen-bond acceptors (Lipinski definition) is 2. The van der Waals surface area contributed by atoms with Gasteiger partial charge in [-0.1, -0.05) is 36.6 Å². The van der Waals surface area contributed by atoms with Crippen LogP contribution in [0.4, 0.5) is 0 Å². The zero-order chi connectivity index (χ0) is 12.8. The predicted octanol–water partition coefficient (Wildman–Crippen LogP) is 4.28. The first kappa shape index (κ1) is 13.6. The highest BCUT2D eigenvalue weighted by atomic mass is 35.5. The zero-order valence-electron chi connectivity index (χ0n) is 11.0. The minimum atomic E-state index is 0.253. The molecule has 18 heavy (non-hydrogen) atoms. The molecule has 98 valence electrons. The number of nitrogens with one attached hydrogen (secondary N) is 1. The van der Waals surface area contributed by atoms with Gasteiger partial charge >= 0.3 is 0 Å². The van der Waals surface area contributed by atoms with Crippen molar-refractivity contribution < 1.29 is 0 Å². The minimum absolute atomic E-state index is 0.253. The van der Waals surface area contributed by atoms with Gasteiger partial charge in [0.25, 0.3) is 0 Å². The van der Waals surface area contributed by atoms with E-state index in [2.05, 4.69) is 23.3 Å². The SMILES string of the molecule is CCNC(C1=CCCCCC1)c1ccncc1Cl. The summed E-state index contributed by atoms with van der Waals surface area (Å²) in [5.74, 6) is 0. The summed E-state index contributed by atoms with van der Waals surface area (Å²) in [5, 5.41) is 4.31. The number of aromatic nitrogens is 1. The van der Waals surface area contributed by atoms with Crippen molar-refractivity contribution in [3.05, 3.63) is 40.7 Å². The first-order valence-electron chi connectivity index (χ1n) is 6.84. The highest BCUT2D eigenvalue weighted by molar-refractivity contribution is 6.31. The molecule has 2 rings (SSSR count). The van der Waals surface area contributed by atoms with Gasteiger partial charge in [-0.15, -0.1) is 0 Å². The van der Waals surface area contributed by atoms with E-state index in [4.69, 9.17) is 11.6 Å². The van der Waals surface area contributed by atoms with Crippen LogP contribution < -0.4 is 5.32 Å². The molecule has 1 unspecified atom stereocenters. The molecule has 0 saturated heterocycles. The van der Waals surface area contributed by atoms with Gasteiger partial charge < -0.3 is 5.32 Å². The highest BCUT2D eigenvalue weighted by Gasteiger charge is 2.18. The standard InChI is InChI=1S/C15H21ClN2/c1-2-18-15(12-7-5-3-4-6-8-12)13-9-10-17-11-14(13)16/h7,9-11,15,18H,2-6,8H2,1H3. The van der Waals surface area contributed by atoms with Crippen LogP contribution in [0.1, 0.15) is 50.6 Å². The fourth-order valence-electron chi connectivity index (χ4n) is 2.57. The Morgan fingerprint density at radius 2 is 2.28 bits per heavy atom. The largest absolute Gasteiger partial charge is 0.307 e. The average Bonchev–Trinajstić information content (AvgIpc) is 2.66. The first-order chi connectivity index (χ1) is 8.83. The van der Waals surface area contributed by atoms with Crippen molar-refractivity contribution in [3.63, 3.8) is 0 Å². The van der Waals surface area contributed by atoms with Crippen LogP contribution in [0.15, 0.2) is 30.1 Å². The van der Waals surface area contributed by atoms with Crippen molar-refractivity contribution in [2.75, 3.05) is 6.54 Å². The molecule has 0 aliphatic heterocycles. The van der Waals surface area contributed by atoms with Crippen molar-refractivity contribution in [2.45, 2.75) is 45.1 Å². The van der Waals surface area contributed by atoms with Gasteiger partial charge in [0.05, 0.1) is 11.1 Å². The van der Waals surface area contributed by atoms with Crippen LogP contribution in [0.2, 0.25) is 5.02 Å². The molecule has 1 aromatic heterocycles. The number of rotatable bonds is 4. The summed E-state index contributed by atoms with van der Waals surface area (Å²) >= 11 is 6.29. The van der Waals surface area contributed by atoms with E-state index in [0.29, 0.717) is 0 Å². The molecule has 0 aromatic carbocycles. The summed E-state index contributed by atoms with van der Waals surface area (Å²) in [7, 11) is 0. The zero-order valence-corrected chi connectivity index (χ0v) is 11.7. The lowest BCUT2D eigenvalue weighted by Crippen LogP contribution is -2.23. The maximum absolute atomic E-state index is 6.29. The van der Waals surface area contributed by atoms with Gasteiger partial charge in [0.2, 0.25) is 0 Å². The maximum atomic E-state index is 6.29. The van der Waals surface area contributed by atoms with Gasteiger partial charge in [-0.25, -0.2) is 0 Å². The molecule has 2 nitrogen and oxygen atoms in total. The topological polar surface area (TPSA) is 24.9 Å². The number of likely N-dealkylation sites (N-methyl/N-ethyl adjacent to an activating group) is 1. The smallest absolute Gasteiger partial charge is 0.0640 e. The Bertz CT molecular complexity index is 415. The summed E-state index contributed by atoms with van der Waals surface area (Å²) in [6.07, 6.45) is 12.3. The second-order valence-electron chi connectivity index (χ2n) is 4.77. The Labute approximate surface area is 114 Å². The molecule has 3 heteroatoms. The van der Waals surface area contributed by atoms with E-state index < -0.39 is 0 Å². The van der Waals surface area contributed by atoms with Crippen LogP contribution in [0.25, 0.3) is 0 Å². The van der Waals surface area contributed by atoms with E-state index in [1.54, 1.807) is 6.20 Å². The van der Waals surface area contributed by atoms with Crippen LogP contribution in [-0.2, 0) is 0 Å². The summed E-state index contributed by atoms with van der Waals surface area (Å²) in [4.78, 5) is 4.07. The third kappa shape index (κ3) is 3.33. The highest BCUT2D eigenvalue weighted by Crippen LogP contribution is 2.32. The van der Waals surface area contributed by atoms with Crippen molar-refractivity contribution >= 4 is 11.6 Å². The Morgan fingerprint density at radius 3 is 3.06 bits per heavy atom. The van der Waals surface area contributed by atoms with Crippen LogP contribution in [-0.4, -0.2) is 11.5 Å². The summed E-state index contributed by atoms with van der Waals surface area (Å²) < 4.78 is 0. The van der Waals surface area contributed by atoms with Crippen LogP contribution in [0, 0.1) is 0 Å². The molecule has 0 fully saturated rings. The second kappa shape index (κ2) is 6.91. The van der Waals surface area contributed by atoms with Crippen LogP contribution in [0.3, 0.4) is 0 Å². The van der Waals surface area contributed by atoms with Crippen LogP contribution >= 0.6 is 11.6 Å². The molecule has 1 aliphatic rings. The molecular weight excluding hydrogens is 244 g/mol. The van der Waals surface area contributed by atoms with Gasteiger partial charge in [0.15, 0.2) is 0 Å². The fraction of sp³-hybridized carbons (Fsp3) is 0.533. The third-order valence-corrected chi connectivity index (χ3v) is 3.79. The Balaban J connectivity index is 2.27. The predicted molar refractivity (Wildman–Crippen MR) is 76.8 cm³/mol.